The van der Waals surface area contributed by atoms with Crippen LogP contribution < -0.4 is 4.90 Å². The van der Waals surface area contributed by atoms with Gasteiger partial charge in [0.25, 0.3) is 0 Å². The Morgan fingerprint density at radius 1 is 0.344 bits per heavy atom. The number of fused-ring (bicyclic) bond motifs is 10. The van der Waals surface area contributed by atoms with E-state index in [1.807, 2.05) is 0 Å². The molecule has 0 saturated heterocycles. The Balaban J connectivity index is 1.01. The van der Waals surface area contributed by atoms with E-state index >= 15 is 0 Å². The lowest BCUT2D eigenvalue weighted by molar-refractivity contribution is 0.443. The first-order valence-corrected chi connectivity index (χ1v) is 23.3. The Bertz CT molecular complexity index is 3130. The van der Waals surface area contributed by atoms with E-state index in [0.29, 0.717) is 5.92 Å². The lowest BCUT2D eigenvalue weighted by Gasteiger charge is -2.32. The highest BCUT2D eigenvalue weighted by Gasteiger charge is 2.52. The summed E-state index contributed by atoms with van der Waals surface area (Å²) in [5.74, 6) is 0.704. The molecule has 64 heavy (non-hydrogen) atoms. The molecule has 0 amide bonds. The quantitative estimate of drug-likeness (QED) is 0.155. The van der Waals surface area contributed by atoms with Gasteiger partial charge in [-0.1, -0.05) is 200 Å². The molecule has 3 aliphatic rings. The van der Waals surface area contributed by atoms with Crippen LogP contribution in [0.1, 0.15) is 77.0 Å². The van der Waals surface area contributed by atoms with Crippen molar-refractivity contribution in [3.05, 3.63) is 245 Å². The second-order valence-electron chi connectivity index (χ2n) is 18.4. The monoisotopic (exact) mass is 821 g/mol. The van der Waals surface area contributed by atoms with Crippen LogP contribution in [0.25, 0.3) is 55.6 Å². The lowest BCUT2D eigenvalue weighted by atomic mass is 9.70. The van der Waals surface area contributed by atoms with Crippen LogP contribution >= 0.6 is 0 Å². The van der Waals surface area contributed by atoms with Gasteiger partial charge in [0.2, 0.25) is 0 Å². The molecule has 0 atom stereocenters. The fourth-order valence-corrected chi connectivity index (χ4v) is 11.6. The highest BCUT2D eigenvalue weighted by Crippen LogP contribution is 2.63. The highest BCUT2D eigenvalue weighted by atomic mass is 15.1. The minimum Gasteiger partial charge on any atom is -0.310 e. The molecule has 1 spiro atoms. The SMILES string of the molecule is Cc1ccc2c(c1)C1(c3ccccc3-c3ccc(N(c4ccc(-c5ccc(C6CCCCC6)cc5)cc4)c4ccc(-c5ccccc5-c5ccccc5)cc4)cc31)c1cc(C)ccc1-2. The van der Waals surface area contributed by atoms with Gasteiger partial charge in [-0.15, -0.1) is 0 Å². The fourth-order valence-electron chi connectivity index (χ4n) is 11.6. The van der Waals surface area contributed by atoms with Crippen LogP contribution in [0.5, 0.6) is 0 Å². The summed E-state index contributed by atoms with van der Waals surface area (Å²) in [4.78, 5) is 2.46. The predicted molar refractivity (Wildman–Crippen MR) is 269 cm³/mol. The smallest absolute Gasteiger partial charge is 0.0726 e. The zero-order chi connectivity index (χ0) is 42.8. The summed E-state index contributed by atoms with van der Waals surface area (Å²) in [6.45, 7) is 4.47. The summed E-state index contributed by atoms with van der Waals surface area (Å²) < 4.78 is 0. The third-order valence-corrected chi connectivity index (χ3v) is 14.6. The first-order chi connectivity index (χ1) is 31.5. The highest BCUT2D eigenvalue weighted by molar-refractivity contribution is 5.97. The van der Waals surface area contributed by atoms with Gasteiger partial charge in [-0.25, -0.2) is 0 Å². The molecule has 0 aromatic heterocycles. The van der Waals surface area contributed by atoms with Crippen molar-refractivity contribution in [1.29, 1.82) is 0 Å². The van der Waals surface area contributed by atoms with Crippen LogP contribution in [0.15, 0.2) is 206 Å². The summed E-state index contributed by atoms with van der Waals surface area (Å²) in [6.07, 6.45) is 6.72. The molecular formula is C63H51N. The molecule has 0 heterocycles. The first kappa shape index (κ1) is 38.5. The van der Waals surface area contributed by atoms with Gasteiger partial charge < -0.3 is 4.90 Å². The minimum atomic E-state index is -0.436. The second-order valence-corrected chi connectivity index (χ2v) is 18.4. The first-order valence-electron chi connectivity index (χ1n) is 23.3. The van der Waals surface area contributed by atoms with Crippen LogP contribution in [0.3, 0.4) is 0 Å². The van der Waals surface area contributed by atoms with Gasteiger partial charge >= 0.3 is 0 Å². The number of benzene rings is 9. The molecule has 1 saturated carbocycles. The second kappa shape index (κ2) is 15.5. The van der Waals surface area contributed by atoms with E-state index in [1.165, 1.54) is 127 Å². The number of aryl methyl sites for hydroxylation is 2. The summed E-state index contributed by atoms with van der Waals surface area (Å²) >= 11 is 0. The maximum atomic E-state index is 2.51. The van der Waals surface area contributed by atoms with E-state index in [-0.39, 0.29) is 0 Å². The number of anilines is 3. The average molecular weight is 822 g/mol. The number of hydrogen-bond acceptors (Lipinski definition) is 1. The van der Waals surface area contributed by atoms with Crippen molar-refractivity contribution in [3.63, 3.8) is 0 Å². The number of rotatable bonds is 7. The van der Waals surface area contributed by atoms with Crippen LogP contribution in [-0.2, 0) is 5.41 Å². The van der Waals surface area contributed by atoms with Crippen molar-refractivity contribution in [2.75, 3.05) is 4.90 Å². The van der Waals surface area contributed by atoms with Gasteiger partial charge in [-0.05, 0) is 152 Å². The Labute approximate surface area is 378 Å². The molecule has 1 nitrogen and oxygen atoms in total. The van der Waals surface area contributed by atoms with Gasteiger partial charge in [0.05, 0.1) is 5.41 Å². The maximum Gasteiger partial charge on any atom is 0.0726 e. The van der Waals surface area contributed by atoms with Crippen molar-refractivity contribution in [1.82, 2.24) is 0 Å². The number of nitrogens with zero attached hydrogens (tertiary/aromatic N) is 1. The lowest BCUT2D eigenvalue weighted by Crippen LogP contribution is -2.26. The minimum absolute atomic E-state index is 0.436. The summed E-state index contributed by atoms with van der Waals surface area (Å²) in [6, 6.07) is 77.9. The third kappa shape index (κ3) is 6.21. The molecule has 0 radical (unpaired) electrons. The third-order valence-electron chi connectivity index (χ3n) is 14.6. The van der Waals surface area contributed by atoms with E-state index in [9.17, 15) is 0 Å². The molecule has 9 aromatic carbocycles. The fraction of sp³-hybridized carbons (Fsp3) is 0.143. The Morgan fingerprint density at radius 2 is 0.781 bits per heavy atom. The van der Waals surface area contributed by atoms with Crippen LogP contribution in [0.4, 0.5) is 17.1 Å². The van der Waals surface area contributed by atoms with Gasteiger partial charge in [-0.2, -0.15) is 0 Å². The summed E-state index contributed by atoms with van der Waals surface area (Å²) in [5, 5.41) is 0. The molecule has 0 bridgehead atoms. The normalized spacial score (nSPS) is 14.5. The molecular weight excluding hydrogens is 771 g/mol. The number of hydrogen-bond donors (Lipinski definition) is 0. The molecule has 1 heteroatoms. The van der Waals surface area contributed by atoms with E-state index in [4.69, 9.17) is 0 Å². The van der Waals surface area contributed by atoms with E-state index in [0.717, 1.165) is 17.1 Å². The van der Waals surface area contributed by atoms with Crippen LogP contribution in [0.2, 0.25) is 0 Å². The molecule has 0 N–H and O–H groups in total. The van der Waals surface area contributed by atoms with Crippen molar-refractivity contribution in [2.24, 2.45) is 0 Å². The average Bonchev–Trinajstić information content (AvgIpc) is 3.81. The topological polar surface area (TPSA) is 3.24 Å². The van der Waals surface area contributed by atoms with Crippen molar-refractivity contribution >= 4 is 17.1 Å². The standard InChI is InChI=1S/C63H51N/c1-42-21-36-56-57-37-22-43(2)40-61(57)63(60(56)39-42)59-20-12-11-19-55(59)58-38-35-52(41-62(58)63)64(50-31-27-47(28-32-50)46-25-23-45(24-26-46)44-13-5-3-6-14-44)51-33-29-49(30-34-51)54-18-10-9-17-53(54)48-15-7-4-8-16-48/h4,7-12,15-41,44H,3,5-6,13-14H2,1-2H3. The van der Waals surface area contributed by atoms with E-state index in [1.54, 1.807) is 0 Å². The zero-order valence-corrected chi connectivity index (χ0v) is 36.7. The molecule has 1 fully saturated rings. The van der Waals surface area contributed by atoms with Gasteiger partial charge in [0.1, 0.15) is 0 Å². The van der Waals surface area contributed by atoms with Crippen molar-refractivity contribution < 1.29 is 0 Å². The molecule has 3 aliphatic carbocycles. The Kier molecular flexibility index (Phi) is 9.34. The van der Waals surface area contributed by atoms with E-state index in [2.05, 4.69) is 225 Å². The van der Waals surface area contributed by atoms with Crippen molar-refractivity contribution in [3.8, 4) is 55.6 Å². The summed E-state index contributed by atoms with van der Waals surface area (Å²) in [7, 11) is 0. The molecule has 9 aromatic rings. The summed E-state index contributed by atoms with van der Waals surface area (Å²) in [5.41, 5.74) is 25.2. The molecule has 0 aliphatic heterocycles. The molecule has 12 rings (SSSR count). The Hall–Kier alpha value is -7.22. The van der Waals surface area contributed by atoms with Crippen LogP contribution in [-0.4, -0.2) is 0 Å². The van der Waals surface area contributed by atoms with Gasteiger partial charge in [-0.3, -0.25) is 0 Å². The van der Waals surface area contributed by atoms with Gasteiger partial charge in [0.15, 0.2) is 0 Å². The van der Waals surface area contributed by atoms with Crippen molar-refractivity contribution in [2.45, 2.75) is 57.3 Å². The van der Waals surface area contributed by atoms with E-state index < -0.39 is 5.41 Å². The predicted octanol–water partition coefficient (Wildman–Crippen LogP) is 17.2. The zero-order valence-electron chi connectivity index (χ0n) is 36.7. The van der Waals surface area contributed by atoms with Crippen LogP contribution in [0, 0.1) is 13.8 Å². The maximum absolute atomic E-state index is 2.51. The Morgan fingerprint density at radius 3 is 1.38 bits per heavy atom. The largest absolute Gasteiger partial charge is 0.310 e. The van der Waals surface area contributed by atoms with Gasteiger partial charge in [0, 0.05) is 17.1 Å². The molecule has 308 valence electrons. The molecule has 0 unspecified atom stereocenters.